The van der Waals surface area contributed by atoms with Gasteiger partial charge in [0.15, 0.2) is 11.6 Å². The van der Waals surface area contributed by atoms with Crippen LogP contribution >= 0.6 is 0 Å². The third kappa shape index (κ3) is 6.98. The fourth-order valence-corrected chi connectivity index (χ4v) is 4.06. The van der Waals surface area contributed by atoms with Gasteiger partial charge in [0.2, 0.25) is 11.8 Å². The molecule has 2 heterocycles. The molecule has 210 valence electrons. The number of carbonyl (C=O) groups excluding carboxylic acids is 3. The first-order valence-corrected chi connectivity index (χ1v) is 11.6. The van der Waals surface area contributed by atoms with Crippen LogP contribution in [0.25, 0.3) is 0 Å². The van der Waals surface area contributed by atoms with Crippen molar-refractivity contribution in [3.05, 3.63) is 47.5 Å². The summed E-state index contributed by atoms with van der Waals surface area (Å²) >= 11 is 0. The van der Waals surface area contributed by atoms with E-state index >= 15 is 0 Å². The number of halogens is 4. The minimum atomic E-state index is -5.14. The summed E-state index contributed by atoms with van der Waals surface area (Å²) in [5.41, 5.74) is 5.10. The van der Waals surface area contributed by atoms with E-state index in [9.17, 15) is 31.9 Å². The Labute approximate surface area is 220 Å². The van der Waals surface area contributed by atoms with Crippen LogP contribution in [0.3, 0.4) is 0 Å². The van der Waals surface area contributed by atoms with E-state index in [-0.39, 0.29) is 30.8 Å². The van der Waals surface area contributed by atoms with Crippen LogP contribution < -0.4 is 21.1 Å². The number of carbonyl (C=O) groups is 3. The number of methoxy groups -OCH3 is 1. The predicted octanol–water partition coefficient (Wildman–Crippen LogP) is 2.20. The zero-order chi connectivity index (χ0) is 28.9. The number of nitrogens with one attached hydrogen (secondary N) is 3. The van der Waals surface area contributed by atoms with Crippen molar-refractivity contribution in [3.63, 3.8) is 0 Å². The largest absolute Gasteiger partial charge is 0.573 e. The van der Waals surface area contributed by atoms with Gasteiger partial charge in [-0.25, -0.2) is 4.39 Å². The second kappa shape index (κ2) is 12.1. The summed E-state index contributed by atoms with van der Waals surface area (Å²) in [5.74, 6) is -5.02. The number of ether oxygens (including phenoxy) is 2. The second-order valence-electron chi connectivity index (χ2n) is 8.42. The van der Waals surface area contributed by atoms with Gasteiger partial charge in [-0.2, -0.15) is 0 Å². The van der Waals surface area contributed by atoms with Crippen molar-refractivity contribution < 1.29 is 41.4 Å². The van der Waals surface area contributed by atoms with Crippen molar-refractivity contribution in [1.29, 1.82) is 5.41 Å². The molecule has 0 spiro atoms. The van der Waals surface area contributed by atoms with E-state index in [1.54, 1.807) is 0 Å². The zero-order valence-corrected chi connectivity index (χ0v) is 20.9. The third-order valence-electron chi connectivity index (χ3n) is 5.95. The van der Waals surface area contributed by atoms with E-state index in [0.29, 0.717) is 12.1 Å². The summed E-state index contributed by atoms with van der Waals surface area (Å²) in [6.07, 6.45) is -3.80. The lowest BCUT2D eigenvalue weighted by molar-refractivity contribution is -0.275. The first-order chi connectivity index (χ1) is 18.4. The molecule has 0 aliphatic carbocycles. The number of anilines is 2. The lowest BCUT2D eigenvalue weighted by atomic mass is 10.1. The summed E-state index contributed by atoms with van der Waals surface area (Å²) in [6, 6.07) is 3.12. The molecule has 0 radical (unpaired) electrons. The average molecular weight is 555 g/mol. The number of nitrogens with two attached hydrogens (primary N) is 1. The van der Waals surface area contributed by atoms with Crippen LogP contribution in [0.2, 0.25) is 0 Å². The highest BCUT2D eigenvalue weighted by molar-refractivity contribution is 6.44. The van der Waals surface area contributed by atoms with E-state index in [1.165, 1.54) is 24.3 Å². The molecule has 1 aromatic carbocycles. The molecule has 11 nitrogen and oxygen atoms in total. The van der Waals surface area contributed by atoms with E-state index in [1.807, 2.05) is 6.92 Å². The number of nitrogens with zero attached hydrogens (tertiary/aromatic N) is 2. The Morgan fingerprint density at radius 3 is 2.59 bits per heavy atom. The summed E-state index contributed by atoms with van der Waals surface area (Å²) in [6.45, 7) is 1.54. The molecular weight excluding hydrogens is 528 g/mol. The number of pyridine rings is 1. The van der Waals surface area contributed by atoms with Gasteiger partial charge < -0.3 is 30.7 Å². The molecule has 2 atom stereocenters. The highest BCUT2D eigenvalue weighted by Crippen LogP contribution is 2.30. The number of rotatable bonds is 10. The highest BCUT2D eigenvalue weighted by Gasteiger charge is 2.42. The average Bonchev–Trinajstić information content (AvgIpc) is 3.32. The number of aromatic nitrogens is 1. The molecule has 5 N–H and O–H groups in total. The lowest BCUT2D eigenvalue weighted by Gasteiger charge is -2.27. The smallest absolute Gasteiger partial charge is 0.403 e. The molecule has 2 aromatic rings. The van der Waals surface area contributed by atoms with Crippen LogP contribution in [-0.2, 0) is 25.5 Å². The van der Waals surface area contributed by atoms with Gasteiger partial charge in [0.25, 0.3) is 5.91 Å². The number of amides is 3. The van der Waals surface area contributed by atoms with Gasteiger partial charge in [-0.3, -0.25) is 24.8 Å². The monoisotopic (exact) mass is 554 g/mol. The third-order valence-corrected chi connectivity index (χ3v) is 5.95. The molecule has 3 rings (SSSR count). The summed E-state index contributed by atoms with van der Waals surface area (Å²) in [4.78, 5) is 43.1. The molecule has 1 aliphatic rings. The van der Waals surface area contributed by atoms with Crippen LogP contribution in [0.1, 0.15) is 24.6 Å². The zero-order valence-electron chi connectivity index (χ0n) is 20.9. The maximum absolute atomic E-state index is 14.6. The van der Waals surface area contributed by atoms with Crippen LogP contribution in [-0.4, -0.2) is 72.0 Å². The van der Waals surface area contributed by atoms with Gasteiger partial charge in [-0.05, 0) is 31.0 Å². The molecular formula is C24H26F4N6O5. The van der Waals surface area contributed by atoms with E-state index in [0.717, 1.165) is 18.2 Å². The number of benzene rings is 1. The molecule has 1 fully saturated rings. The van der Waals surface area contributed by atoms with Crippen LogP contribution in [0.4, 0.5) is 28.9 Å². The molecule has 2 unspecified atom stereocenters. The van der Waals surface area contributed by atoms with Crippen molar-refractivity contribution >= 4 is 34.8 Å². The minimum absolute atomic E-state index is 0.0911. The molecule has 1 aliphatic heterocycles. The van der Waals surface area contributed by atoms with Crippen LogP contribution in [0.5, 0.6) is 5.75 Å². The Balaban J connectivity index is 1.78. The minimum Gasteiger partial charge on any atom is -0.403 e. The highest BCUT2D eigenvalue weighted by atomic mass is 19.4. The quantitative estimate of drug-likeness (QED) is 0.259. The summed E-state index contributed by atoms with van der Waals surface area (Å²) in [5, 5.41) is 13.0. The van der Waals surface area contributed by atoms with E-state index in [4.69, 9.17) is 15.9 Å². The fraction of sp³-hybridized carbons (Fsp3) is 0.375. The molecule has 1 saturated heterocycles. The van der Waals surface area contributed by atoms with Crippen molar-refractivity contribution in [2.24, 2.45) is 5.73 Å². The lowest BCUT2D eigenvalue weighted by Crippen LogP contribution is -2.49. The maximum Gasteiger partial charge on any atom is 0.573 e. The first-order valence-electron chi connectivity index (χ1n) is 11.6. The molecule has 15 heteroatoms. The van der Waals surface area contributed by atoms with Crippen LogP contribution in [0, 0.1) is 11.2 Å². The van der Waals surface area contributed by atoms with Crippen molar-refractivity contribution in [3.8, 4) is 5.75 Å². The van der Waals surface area contributed by atoms with E-state index < -0.39 is 59.2 Å². The van der Waals surface area contributed by atoms with Gasteiger partial charge >= 0.3 is 6.36 Å². The maximum atomic E-state index is 14.6. The Morgan fingerprint density at radius 1 is 1.26 bits per heavy atom. The van der Waals surface area contributed by atoms with Crippen molar-refractivity contribution in [2.45, 2.75) is 38.3 Å². The second-order valence-corrected chi connectivity index (χ2v) is 8.42. The Morgan fingerprint density at radius 2 is 1.97 bits per heavy atom. The molecule has 3 amide bonds. The predicted molar refractivity (Wildman–Crippen MR) is 131 cm³/mol. The van der Waals surface area contributed by atoms with Gasteiger partial charge in [0, 0.05) is 24.9 Å². The number of hydrogen-bond acceptors (Lipinski definition) is 8. The Hall–Kier alpha value is -4.27. The summed E-state index contributed by atoms with van der Waals surface area (Å²) in [7, 11) is 1.32. The van der Waals surface area contributed by atoms with Crippen molar-refractivity contribution in [1.82, 2.24) is 9.88 Å². The van der Waals surface area contributed by atoms with Crippen LogP contribution in [0.15, 0.2) is 30.5 Å². The number of alkyl halides is 3. The standard InChI is InChI=1S/C24H26F4N6O5/c1-3-12-9-13(20(29)22(30)36)15(10-31-12)32-11-18(35)34-8-7-17(38-2)21(34)23(37)33-14-5-4-6-16(19(14)25)39-24(26,27)28/h4-6,9-10,17,21,29,32H,3,7-8,11H2,1-2H3,(H2,30,36)(H,33,37). The molecule has 39 heavy (non-hydrogen) atoms. The number of aryl methyl sites for hydroxylation is 1. The van der Waals surface area contributed by atoms with E-state index in [2.05, 4.69) is 20.4 Å². The normalized spacial score (nSPS) is 17.0. The number of likely N-dealkylation sites (tertiary alicyclic amines) is 1. The Bertz CT molecular complexity index is 1270. The van der Waals surface area contributed by atoms with Gasteiger partial charge in [-0.15, -0.1) is 13.2 Å². The number of primary amides is 1. The first kappa shape index (κ1) is 29.3. The number of hydrogen-bond donors (Lipinski definition) is 4. The van der Waals surface area contributed by atoms with Crippen molar-refractivity contribution in [2.75, 3.05) is 30.8 Å². The molecule has 0 saturated carbocycles. The fourth-order valence-electron chi connectivity index (χ4n) is 4.06. The van der Waals surface area contributed by atoms with Gasteiger partial charge in [-0.1, -0.05) is 13.0 Å². The Kier molecular flexibility index (Phi) is 9.06. The van der Waals surface area contributed by atoms with Gasteiger partial charge in [0.1, 0.15) is 11.8 Å². The summed E-state index contributed by atoms with van der Waals surface area (Å²) < 4.78 is 61.2. The molecule has 0 bridgehead atoms. The molecule has 1 aromatic heterocycles. The van der Waals surface area contributed by atoms with Gasteiger partial charge in [0.05, 0.1) is 30.2 Å². The topological polar surface area (TPSA) is 160 Å². The SMILES string of the molecule is CCc1cc(C(=N)C(N)=O)c(NCC(=O)N2CCC(OC)C2C(=O)Nc2cccc(OC(F)(F)F)c2F)cn1.